The van der Waals surface area contributed by atoms with Gasteiger partial charge in [-0.25, -0.2) is 4.79 Å². The molecule has 1 saturated carbocycles. The van der Waals surface area contributed by atoms with E-state index >= 15 is 0 Å². The number of amides is 3. The number of hydrogen-bond acceptors (Lipinski definition) is 3. The van der Waals surface area contributed by atoms with Crippen LogP contribution in [0.1, 0.15) is 31.7 Å². The van der Waals surface area contributed by atoms with E-state index in [1.54, 1.807) is 6.92 Å². The summed E-state index contributed by atoms with van der Waals surface area (Å²) in [6.07, 6.45) is -2.08. The van der Waals surface area contributed by atoms with Gasteiger partial charge in [0, 0.05) is 31.5 Å². The Morgan fingerprint density at radius 1 is 1.33 bits per heavy atom. The standard InChI is InChI=1S/C18H22F3N3O3/c1-2-27-15-6-3-12(18(19,20)21)8-14(15)23-17(26)22-9-11-7-16(25)24(10-11)13-4-5-13/h3,6,8,11,13H,2,4-5,7,9-10H2,1H3,(H2,22,23,26). The van der Waals surface area contributed by atoms with Crippen LogP contribution < -0.4 is 15.4 Å². The molecule has 9 heteroatoms. The van der Waals surface area contributed by atoms with Gasteiger partial charge in [-0.15, -0.1) is 0 Å². The molecular formula is C18H22F3N3O3. The number of nitrogens with zero attached hydrogens (tertiary/aromatic N) is 1. The second-order valence-corrected chi connectivity index (χ2v) is 6.82. The predicted molar refractivity (Wildman–Crippen MR) is 92.5 cm³/mol. The molecule has 3 amide bonds. The first-order valence-corrected chi connectivity index (χ1v) is 8.96. The summed E-state index contributed by atoms with van der Waals surface area (Å²) in [5.74, 6) is 0.273. The lowest BCUT2D eigenvalue weighted by atomic mass is 10.1. The van der Waals surface area contributed by atoms with Gasteiger partial charge in [0.25, 0.3) is 0 Å². The van der Waals surface area contributed by atoms with Gasteiger partial charge in [-0.2, -0.15) is 13.2 Å². The van der Waals surface area contributed by atoms with E-state index in [1.807, 2.05) is 4.90 Å². The molecule has 27 heavy (non-hydrogen) atoms. The summed E-state index contributed by atoms with van der Waals surface area (Å²) >= 11 is 0. The van der Waals surface area contributed by atoms with Crippen molar-refractivity contribution in [2.75, 3.05) is 25.0 Å². The summed E-state index contributed by atoms with van der Waals surface area (Å²) in [6, 6.07) is 2.65. The number of urea groups is 1. The average Bonchev–Trinajstić information content (AvgIpc) is 3.37. The Morgan fingerprint density at radius 3 is 2.70 bits per heavy atom. The minimum absolute atomic E-state index is 0.0109. The maximum Gasteiger partial charge on any atom is 0.416 e. The quantitative estimate of drug-likeness (QED) is 0.790. The van der Waals surface area contributed by atoms with Crippen LogP contribution in [0.3, 0.4) is 0 Å². The molecule has 1 atom stereocenters. The molecule has 2 aliphatic rings. The first-order valence-electron chi connectivity index (χ1n) is 8.96. The zero-order valence-electron chi connectivity index (χ0n) is 14.9. The second-order valence-electron chi connectivity index (χ2n) is 6.82. The highest BCUT2D eigenvalue weighted by atomic mass is 19.4. The van der Waals surface area contributed by atoms with Crippen LogP contribution >= 0.6 is 0 Å². The SMILES string of the molecule is CCOc1ccc(C(F)(F)F)cc1NC(=O)NCC1CC(=O)N(C2CC2)C1. The van der Waals surface area contributed by atoms with Gasteiger partial charge in [-0.3, -0.25) is 4.79 Å². The number of carbonyl (C=O) groups is 2. The lowest BCUT2D eigenvalue weighted by Gasteiger charge is -2.17. The van der Waals surface area contributed by atoms with Crippen molar-refractivity contribution in [1.82, 2.24) is 10.2 Å². The lowest BCUT2D eigenvalue weighted by molar-refractivity contribution is -0.137. The summed E-state index contributed by atoms with van der Waals surface area (Å²) in [6.45, 7) is 2.84. The van der Waals surface area contributed by atoms with Gasteiger partial charge < -0.3 is 20.3 Å². The van der Waals surface area contributed by atoms with Crippen LogP contribution in [0, 0.1) is 5.92 Å². The first-order chi connectivity index (χ1) is 12.8. The van der Waals surface area contributed by atoms with E-state index < -0.39 is 17.8 Å². The van der Waals surface area contributed by atoms with E-state index in [1.165, 1.54) is 6.07 Å². The summed E-state index contributed by atoms with van der Waals surface area (Å²) in [5.41, 5.74) is -0.922. The largest absolute Gasteiger partial charge is 0.492 e. The van der Waals surface area contributed by atoms with Crippen molar-refractivity contribution < 1.29 is 27.5 Å². The molecule has 0 aromatic heterocycles. The molecular weight excluding hydrogens is 363 g/mol. The van der Waals surface area contributed by atoms with Crippen LogP contribution in [0.25, 0.3) is 0 Å². The van der Waals surface area contributed by atoms with Crippen LogP contribution in [-0.4, -0.2) is 42.6 Å². The zero-order valence-corrected chi connectivity index (χ0v) is 14.9. The predicted octanol–water partition coefficient (Wildman–Crippen LogP) is 3.24. The molecule has 1 unspecified atom stereocenters. The fourth-order valence-corrected chi connectivity index (χ4v) is 3.17. The molecule has 1 heterocycles. The molecule has 1 aliphatic carbocycles. The van der Waals surface area contributed by atoms with E-state index in [2.05, 4.69) is 10.6 Å². The normalized spacial score (nSPS) is 19.9. The molecule has 148 valence electrons. The van der Waals surface area contributed by atoms with Crippen LogP contribution in [0.5, 0.6) is 5.75 Å². The number of ether oxygens (including phenoxy) is 1. The number of hydrogen-bond donors (Lipinski definition) is 2. The fourth-order valence-electron chi connectivity index (χ4n) is 3.17. The number of alkyl halides is 3. The topological polar surface area (TPSA) is 70.7 Å². The third-order valence-corrected chi connectivity index (χ3v) is 4.63. The smallest absolute Gasteiger partial charge is 0.416 e. The van der Waals surface area contributed by atoms with Crippen molar-refractivity contribution in [3.05, 3.63) is 23.8 Å². The Labute approximate surface area is 155 Å². The van der Waals surface area contributed by atoms with Crippen molar-refractivity contribution in [2.45, 2.75) is 38.4 Å². The van der Waals surface area contributed by atoms with E-state index in [9.17, 15) is 22.8 Å². The van der Waals surface area contributed by atoms with Crippen molar-refractivity contribution >= 4 is 17.6 Å². The van der Waals surface area contributed by atoms with Crippen molar-refractivity contribution in [1.29, 1.82) is 0 Å². The number of anilines is 1. The Balaban J connectivity index is 1.58. The molecule has 0 radical (unpaired) electrons. The average molecular weight is 385 g/mol. The Bertz CT molecular complexity index is 720. The maximum absolute atomic E-state index is 12.9. The molecule has 1 aliphatic heterocycles. The van der Waals surface area contributed by atoms with E-state index in [-0.39, 0.29) is 36.4 Å². The van der Waals surface area contributed by atoms with Gasteiger partial charge in [0.05, 0.1) is 17.9 Å². The van der Waals surface area contributed by atoms with Gasteiger partial charge in [-0.1, -0.05) is 0 Å². The van der Waals surface area contributed by atoms with Gasteiger partial charge in [-0.05, 0) is 38.0 Å². The van der Waals surface area contributed by atoms with Crippen LogP contribution in [0.2, 0.25) is 0 Å². The van der Waals surface area contributed by atoms with Crippen LogP contribution in [0.15, 0.2) is 18.2 Å². The highest BCUT2D eigenvalue weighted by Crippen LogP contribution is 2.35. The monoisotopic (exact) mass is 385 g/mol. The highest BCUT2D eigenvalue weighted by molar-refractivity contribution is 5.91. The van der Waals surface area contributed by atoms with Crippen molar-refractivity contribution in [3.8, 4) is 5.75 Å². The molecule has 1 saturated heterocycles. The van der Waals surface area contributed by atoms with Gasteiger partial charge >= 0.3 is 12.2 Å². The maximum atomic E-state index is 12.9. The van der Waals surface area contributed by atoms with Crippen LogP contribution in [0.4, 0.5) is 23.7 Å². The number of carbonyl (C=O) groups excluding carboxylic acids is 2. The third kappa shape index (κ3) is 4.84. The minimum atomic E-state index is -4.52. The summed E-state index contributed by atoms with van der Waals surface area (Å²) in [5, 5.41) is 5.05. The molecule has 1 aromatic carbocycles. The third-order valence-electron chi connectivity index (χ3n) is 4.63. The second kappa shape index (κ2) is 7.66. The number of likely N-dealkylation sites (tertiary alicyclic amines) is 1. The molecule has 1 aromatic rings. The van der Waals surface area contributed by atoms with E-state index in [0.29, 0.717) is 19.0 Å². The Morgan fingerprint density at radius 2 is 2.07 bits per heavy atom. The Kier molecular flexibility index (Phi) is 5.48. The molecule has 0 spiro atoms. The molecule has 2 fully saturated rings. The van der Waals surface area contributed by atoms with Gasteiger partial charge in [0.15, 0.2) is 0 Å². The number of nitrogens with one attached hydrogen (secondary N) is 2. The highest BCUT2D eigenvalue weighted by Gasteiger charge is 2.39. The van der Waals surface area contributed by atoms with E-state index in [4.69, 9.17) is 4.74 Å². The Hall–Kier alpha value is -2.45. The summed E-state index contributed by atoms with van der Waals surface area (Å²) in [4.78, 5) is 25.9. The zero-order chi connectivity index (χ0) is 19.6. The molecule has 6 nitrogen and oxygen atoms in total. The summed E-state index contributed by atoms with van der Waals surface area (Å²) in [7, 11) is 0. The minimum Gasteiger partial charge on any atom is -0.492 e. The summed E-state index contributed by atoms with van der Waals surface area (Å²) < 4.78 is 44.0. The number of benzene rings is 1. The number of halogens is 3. The lowest BCUT2D eigenvalue weighted by Crippen LogP contribution is -2.34. The first kappa shape index (κ1) is 19.3. The fraction of sp³-hybridized carbons (Fsp3) is 0.556. The molecule has 2 N–H and O–H groups in total. The molecule has 3 rings (SSSR count). The van der Waals surface area contributed by atoms with Gasteiger partial charge in [0.1, 0.15) is 5.75 Å². The van der Waals surface area contributed by atoms with Crippen LogP contribution in [-0.2, 0) is 11.0 Å². The van der Waals surface area contributed by atoms with Gasteiger partial charge in [0.2, 0.25) is 5.91 Å². The van der Waals surface area contributed by atoms with Crippen molar-refractivity contribution in [3.63, 3.8) is 0 Å². The number of rotatable bonds is 6. The van der Waals surface area contributed by atoms with Crippen molar-refractivity contribution in [2.24, 2.45) is 5.92 Å². The molecule has 0 bridgehead atoms. The van der Waals surface area contributed by atoms with E-state index in [0.717, 1.165) is 25.0 Å².